The van der Waals surface area contributed by atoms with Crippen LogP contribution in [-0.4, -0.2) is 42.5 Å². The average Bonchev–Trinajstić information content (AvgIpc) is 3.22. The van der Waals surface area contributed by atoms with Gasteiger partial charge in [0, 0.05) is 54.3 Å². The number of nitrogens with one attached hydrogen (secondary N) is 2. The van der Waals surface area contributed by atoms with Gasteiger partial charge in [-0.05, 0) is 31.0 Å². The molecule has 0 bridgehead atoms. The molecule has 2 N–H and O–H groups in total. The number of nitrogens with zero attached hydrogens (tertiary/aromatic N) is 1. The van der Waals surface area contributed by atoms with Gasteiger partial charge in [0.2, 0.25) is 0 Å². The molecule has 0 saturated carbocycles. The summed E-state index contributed by atoms with van der Waals surface area (Å²) in [6, 6.07) is 3.63. The Morgan fingerprint density at radius 1 is 1.31 bits per heavy atom. The molecule has 0 radical (unpaired) electrons. The summed E-state index contributed by atoms with van der Waals surface area (Å²) in [4.78, 5) is 30.7. The Kier molecular flexibility index (Phi) is 5.53. The lowest BCUT2D eigenvalue weighted by Gasteiger charge is -2.36. The number of halogens is 2. The van der Waals surface area contributed by atoms with Crippen LogP contribution < -0.4 is 10.9 Å². The number of furan rings is 1. The van der Waals surface area contributed by atoms with Gasteiger partial charge in [-0.15, -0.1) is 0 Å². The van der Waals surface area contributed by atoms with Crippen LogP contribution in [0.2, 0.25) is 10.0 Å². The topological polar surface area (TPSA) is 87.6 Å². The molecule has 0 aliphatic carbocycles. The number of H-pyrrole nitrogens is 1. The van der Waals surface area contributed by atoms with Crippen molar-refractivity contribution in [2.45, 2.75) is 26.0 Å². The molecule has 32 heavy (non-hydrogen) atoms. The van der Waals surface area contributed by atoms with E-state index < -0.39 is 0 Å². The number of benzene rings is 1. The molecule has 2 aliphatic rings. The number of pyridine rings is 1. The molecule has 7 nitrogen and oxygen atoms in total. The van der Waals surface area contributed by atoms with Gasteiger partial charge in [0.25, 0.3) is 11.5 Å². The monoisotopic (exact) mass is 475 g/mol. The van der Waals surface area contributed by atoms with Crippen molar-refractivity contribution in [1.29, 1.82) is 0 Å². The standard InChI is InChI=1S/C23H23Cl2N3O4/c1-11-13-4-6-32-21(13)16(22(29)27-11)10-28-5-3-14-17(24)7-15(19(25)18(14)23(28)30)20(31-2)12-8-26-9-12/h4,6-7,12,20,26H,3,5,8-10H2,1-2H3,(H,27,29). The van der Waals surface area contributed by atoms with E-state index in [1.807, 2.05) is 13.0 Å². The molecular weight excluding hydrogens is 453 g/mol. The Hall–Kier alpha value is -2.32. The molecule has 2 aromatic heterocycles. The molecule has 1 atom stereocenters. The molecular formula is C23H23Cl2N3O4. The van der Waals surface area contributed by atoms with Gasteiger partial charge >= 0.3 is 0 Å². The van der Waals surface area contributed by atoms with Gasteiger partial charge in [0.15, 0.2) is 0 Å². The first-order valence-electron chi connectivity index (χ1n) is 10.5. The van der Waals surface area contributed by atoms with Gasteiger partial charge in [-0.3, -0.25) is 9.59 Å². The van der Waals surface area contributed by atoms with Crippen molar-refractivity contribution < 1.29 is 13.9 Å². The van der Waals surface area contributed by atoms with Crippen molar-refractivity contribution in [1.82, 2.24) is 15.2 Å². The summed E-state index contributed by atoms with van der Waals surface area (Å²) in [5.41, 5.74) is 3.24. The highest BCUT2D eigenvalue weighted by Gasteiger charge is 2.36. The van der Waals surface area contributed by atoms with Crippen LogP contribution in [0.1, 0.15) is 38.8 Å². The normalized spacial score (nSPS) is 17.5. The first-order valence-corrected chi connectivity index (χ1v) is 11.3. The highest BCUT2D eigenvalue weighted by Crippen LogP contribution is 2.41. The van der Waals surface area contributed by atoms with Crippen molar-refractivity contribution in [3.63, 3.8) is 0 Å². The highest BCUT2D eigenvalue weighted by atomic mass is 35.5. The van der Waals surface area contributed by atoms with E-state index in [0.29, 0.717) is 39.7 Å². The van der Waals surface area contributed by atoms with Gasteiger partial charge in [-0.2, -0.15) is 0 Å². The lowest BCUT2D eigenvalue weighted by atomic mass is 9.87. The van der Waals surface area contributed by atoms with E-state index in [0.717, 1.165) is 35.3 Å². The third-order valence-corrected chi connectivity index (χ3v) is 7.29. The second kappa shape index (κ2) is 8.23. The number of carbonyl (C=O) groups excluding carboxylic acids is 1. The Morgan fingerprint density at radius 3 is 2.78 bits per heavy atom. The van der Waals surface area contributed by atoms with Crippen LogP contribution in [0.15, 0.2) is 27.6 Å². The van der Waals surface area contributed by atoms with Crippen LogP contribution in [0, 0.1) is 12.8 Å². The minimum absolute atomic E-state index is 0.121. The van der Waals surface area contributed by atoms with Gasteiger partial charge < -0.3 is 24.4 Å². The molecule has 2 aliphatic heterocycles. The SMILES string of the molecule is COC(c1cc(Cl)c2c(c1Cl)C(=O)N(Cc1c(=O)[nH]c(C)c3ccoc13)CC2)C1CNC1. The van der Waals surface area contributed by atoms with E-state index >= 15 is 0 Å². The quantitative estimate of drug-likeness (QED) is 0.585. The van der Waals surface area contributed by atoms with Crippen molar-refractivity contribution in [3.8, 4) is 0 Å². The number of hydrogen-bond acceptors (Lipinski definition) is 5. The molecule has 5 rings (SSSR count). The predicted octanol–water partition coefficient (Wildman–Crippen LogP) is 3.84. The van der Waals surface area contributed by atoms with E-state index in [1.54, 1.807) is 24.3 Å². The van der Waals surface area contributed by atoms with Crippen molar-refractivity contribution in [2.75, 3.05) is 26.7 Å². The van der Waals surface area contributed by atoms with Crippen LogP contribution >= 0.6 is 23.2 Å². The molecule has 1 saturated heterocycles. The number of rotatable bonds is 5. The number of amides is 1. The number of aryl methyl sites for hydroxylation is 1. The fourth-order valence-electron chi connectivity index (χ4n) is 4.70. The van der Waals surface area contributed by atoms with Gasteiger partial charge in [0.05, 0.1) is 35.1 Å². The van der Waals surface area contributed by atoms with Crippen molar-refractivity contribution in [2.24, 2.45) is 5.92 Å². The fourth-order valence-corrected chi connectivity index (χ4v) is 5.37. The second-order valence-corrected chi connectivity index (χ2v) is 9.17. The number of aromatic nitrogens is 1. The highest BCUT2D eigenvalue weighted by molar-refractivity contribution is 6.37. The Labute approximate surface area is 194 Å². The van der Waals surface area contributed by atoms with Crippen LogP contribution in [0.4, 0.5) is 0 Å². The lowest BCUT2D eigenvalue weighted by Crippen LogP contribution is -2.46. The predicted molar refractivity (Wildman–Crippen MR) is 123 cm³/mol. The van der Waals surface area contributed by atoms with E-state index in [-0.39, 0.29) is 30.0 Å². The first-order chi connectivity index (χ1) is 15.4. The lowest BCUT2D eigenvalue weighted by molar-refractivity contribution is 0.0292. The second-order valence-electron chi connectivity index (χ2n) is 8.39. The minimum atomic E-state index is -0.265. The zero-order valence-corrected chi connectivity index (χ0v) is 19.3. The van der Waals surface area contributed by atoms with Crippen molar-refractivity contribution in [3.05, 3.63) is 66.7 Å². The zero-order valence-electron chi connectivity index (χ0n) is 17.8. The van der Waals surface area contributed by atoms with Gasteiger partial charge in [-0.25, -0.2) is 0 Å². The zero-order chi connectivity index (χ0) is 22.6. The number of methoxy groups -OCH3 is 1. The number of fused-ring (bicyclic) bond motifs is 2. The van der Waals surface area contributed by atoms with Gasteiger partial charge in [0.1, 0.15) is 5.58 Å². The van der Waals surface area contributed by atoms with E-state index in [4.69, 9.17) is 32.4 Å². The third-order valence-electron chi connectivity index (χ3n) is 6.55. The van der Waals surface area contributed by atoms with Crippen LogP contribution in [-0.2, 0) is 17.7 Å². The molecule has 0 spiro atoms. The molecule has 1 amide bonds. The largest absolute Gasteiger partial charge is 0.464 e. The molecule has 168 valence electrons. The third kappa shape index (κ3) is 3.35. The molecule has 1 unspecified atom stereocenters. The average molecular weight is 476 g/mol. The van der Waals surface area contributed by atoms with E-state index in [9.17, 15) is 9.59 Å². The van der Waals surface area contributed by atoms with E-state index in [2.05, 4.69) is 10.3 Å². The summed E-state index contributed by atoms with van der Waals surface area (Å²) in [6.07, 6.45) is 1.84. The maximum Gasteiger partial charge on any atom is 0.256 e. The number of ether oxygens (including phenoxy) is 1. The first kappa shape index (κ1) is 21.5. The smallest absolute Gasteiger partial charge is 0.256 e. The van der Waals surface area contributed by atoms with Crippen LogP contribution in [0.5, 0.6) is 0 Å². The number of aromatic amines is 1. The Morgan fingerprint density at radius 2 is 2.09 bits per heavy atom. The maximum absolute atomic E-state index is 13.6. The molecule has 1 aromatic carbocycles. The van der Waals surface area contributed by atoms with E-state index in [1.165, 1.54) is 0 Å². The summed E-state index contributed by atoms with van der Waals surface area (Å²) < 4.78 is 11.3. The summed E-state index contributed by atoms with van der Waals surface area (Å²) in [7, 11) is 1.64. The van der Waals surface area contributed by atoms with Crippen molar-refractivity contribution >= 4 is 40.1 Å². The molecule has 4 heterocycles. The number of hydrogen-bond donors (Lipinski definition) is 2. The summed E-state index contributed by atoms with van der Waals surface area (Å²) in [5.74, 6) is 0.0148. The van der Waals surface area contributed by atoms with Crippen LogP contribution in [0.3, 0.4) is 0 Å². The minimum Gasteiger partial charge on any atom is -0.464 e. The number of carbonyl (C=O) groups is 1. The van der Waals surface area contributed by atoms with Crippen LogP contribution in [0.25, 0.3) is 11.0 Å². The molecule has 1 fully saturated rings. The summed E-state index contributed by atoms with van der Waals surface area (Å²) >= 11 is 13.4. The summed E-state index contributed by atoms with van der Waals surface area (Å²) in [5, 5.41) is 4.95. The Balaban J connectivity index is 1.54. The molecule has 3 aromatic rings. The fraction of sp³-hybridized carbons (Fsp3) is 0.391. The molecule has 9 heteroatoms. The van der Waals surface area contributed by atoms with Gasteiger partial charge in [-0.1, -0.05) is 23.2 Å². The maximum atomic E-state index is 13.6. The summed E-state index contributed by atoms with van der Waals surface area (Å²) in [6.45, 7) is 4.00. The Bertz CT molecular complexity index is 1280.